The maximum atomic E-state index is 12.1. The summed E-state index contributed by atoms with van der Waals surface area (Å²) in [7, 11) is 0. The standard InChI is InChI=1S/C18H15N3O3S2/c1-11-10-25-18(20-11)12(8-19)14(22)9-24-17(23)7-6-16-21-13-4-2-3-5-15(13)26-16/h2-5,10,12H,6-7,9H2,1H3/t12-/m0/s1. The number of para-hydroxylation sites is 1. The highest BCUT2D eigenvalue weighted by atomic mass is 32.1. The van der Waals surface area contributed by atoms with E-state index < -0.39 is 24.3 Å². The predicted molar refractivity (Wildman–Crippen MR) is 99.1 cm³/mol. The van der Waals surface area contributed by atoms with Gasteiger partial charge in [-0.15, -0.1) is 22.7 Å². The highest BCUT2D eigenvalue weighted by Crippen LogP contribution is 2.23. The second-order valence-corrected chi connectivity index (χ2v) is 7.60. The number of nitriles is 1. The third-order valence-corrected chi connectivity index (χ3v) is 5.71. The molecule has 8 heteroatoms. The number of aryl methyl sites for hydroxylation is 2. The van der Waals surface area contributed by atoms with E-state index in [2.05, 4.69) is 9.97 Å². The van der Waals surface area contributed by atoms with E-state index in [0.29, 0.717) is 11.4 Å². The molecule has 0 N–H and O–H groups in total. The van der Waals surface area contributed by atoms with Crippen LogP contribution in [0.5, 0.6) is 0 Å². The fraction of sp³-hybridized carbons (Fsp3) is 0.278. The monoisotopic (exact) mass is 385 g/mol. The minimum absolute atomic E-state index is 0.140. The molecule has 0 aliphatic rings. The van der Waals surface area contributed by atoms with E-state index in [4.69, 9.17) is 4.74 Å². The zero-order valence-corrected chi connectivity index (χ0v) is 15.6. The van der Waals surface area contributed by atoms with Gasteiger partial charge in [0.1, 0.15) is 5.01 Å². The van der Waals surface area contributed by atoms with Gasteiger partial charge in [0.05, 0.1) is 27.7 Å². The van der Waals surface area contributed by atoms with Crippen LogP contribution in [0.2, 0.25) is 0 Å². The number of hydrogen-bond donors (Lipinski definition) is 0. The van der Waals surface area contributed by atoms with Crippen LogP contribution < -0.4 is 0 Å². The number of aromatic nitrogens is 2. The molecule has 0 unspecified atom stereocenters. The molecule has 0 amide bonds. The van der Waals surface area contributed by atoms with Crippen molar-refractivity contribution in [2.24, 2.45) is 0 Å². The Hall–Kier alpha value is -2.63. The summed E-state index contributed by atoms with van der Waals surface area (Å²) in [6, 6.07) is 9.70. The number of esters is 1. The van der Waals surface area contributed by atoms with Crippen LogP contribution in [0.15, 0.2) is 29.6 Å². The molecular formula is C18H15N3O3S2. The number of Topliss-reactive ketones (excluding diaryl/α,β-unsaturated/α-hetero) is 1. The molecule has 0 aliphatic carbocycles. The average molecular weight is 385 g/mol. The van der Waals surface area contributed by atoms with Gasteiger partial charge >= 0.3 is 5.97 Å². The van der Waals surface area contributed by atoms with Crippen molar-refractivity contribution in [2.45, 2.75) is 25.7 Å². The van der Waals surface area contributed by atoms with Crippen molar-refractivity contribution < 1.29 is 14.3 Å². The number of ketones is 1. The number of carbonyl (C=O) groups excluding carboxylic acids is 2. The van der Waals surface area contributed by atoms with Gasteiger partial charge in [-0.05, 0) is 19.1 Å². The number of benzene rings is 1. The fourth-order valence-corrected chi connectivity index (χ4v) is 4.14. The number of nitrogens with zero attached hydrogens (tertiary/aromatic N) is 3. The van der Waals surface area contributed by atoms with Crippen molar-refractivity contribution in [1.29, 1.82) is 5.26 Å². The number of ether oxygens (including phenoxy) is 1. The Bertz CT molecular complexity index is 954. The molecule has 0 radical (unpaired) electrons. The molecule has 0 saturated heterocycles. The summed E-state index contributed by atoms with van der Waals surface area (Å²) in [5.74, 6) is -1.94. The SMILES string of the molecule is Cc1csc([C@@H](C#N)C(=O)COC(=O)CCc2nc3ccccc3s2)n1. The first-order valence-electron chi connectivity index (χ1n) is 7.91. The van der Waals surface area contributed by atoms with Gasteiger partial charge in [0.15, 0.2) is 18.3 Å². The van der Waals surface area contributed by atoms with Gasteiger partial charge in [0.2, 0.25) is 0 Å². The molecule has 3 rings (SSSR count). The molecule has 0 spiro atoms. The van der Waals surface area contributed by atoms with Crippen molar-refractivity contribution in [3.05, 3.63) is 45.4 Å². The number of hydrogen-bond acceptors (Lipinski definition) is 8. The van der Waals surface area contributed by atoms with Gasteiger partial charge in [-0.2, -0.15) is 5.26 Å². The lowest BCUT2D eigenvalue weighted by molar-refractivity contribution is -0.148. The molecule has 0 aliphatic heterocycles. The summed E-state index contributed by atoms with van der Waals surface area (Å²) in [5.41, 5.74) is 1.66. The number of thiazole rings is 2. The van der Waals surface area contributed by atoms with Gasteiger partial charge in [-0.1, -0.05) is 12.1 Å². The molecule has 2 aromatic heterocycles. The minimum atomic E-state index is -0.995. The second kappa shape index (κ2) is 8.17. The number of carbonyl (C=O) groups is 2. The Labute approximate surface area is 158 Å². The first-order valence-corrected chi connectivity index (χ1v) is 9.61. The molecule has 0 saturated carbocycles. The van der Waals surface area contributed by atoms with Gasteiger partial charge in [-0.3, -0.25) is 9.59 Å². The molecule has 2 heterocycles. The molecule has 6 nitrogen and oxygen atoms in total. The zero-order chi connectivity index (χ0) is 18.5. The van der Waals surface area contributed by atoms with Crippen LogP contribution in [0.4, 0.5) is 0 Å². The van der Waals surface area contributed by atoms with Crippen molar-refractivity contribution in [3.63, 3.8) is 0 Å². The van der Waals surface area contributed by atoms with Crippen molar-refractivity contribution >= 4 is 44.6 Å². The van der Waals surface area contributed by atoms with Crippen LogP contribution >= 0.6 is 22.7 Å². The van der Waals surface area contributed by atoms with E-state index in [1.54, 1.807) is 12.3 Å². The van der Waals surface area contributed by atoms with E-state index >= 15 is 0 Å². The predicted octanol–water partition coefficient (Wildman–Crippen LogP) is 3.41. The van der Waals surface area contributed by atoms with E-state index in [9.17, 15) is 14.9 Å². The van der Waals surface area contributed by atoms with Crippen molar-refractivity contribution in [2.75, 3.05) is 6.61 Å². The zero-order valence-electron chi connectivity index (χ0n) is 14.0. The molecular weight excluding hydrogens is 370 g/mol. The fourth-order valence-electron chi connectivity index (χ4n) is 2.31. The number of fused-ring (bicyclic) bond motifs is 1. The smallest absolute Gasteiger partial charge is 0.306 e. The topological polar surface area (TPSA) is 92.9 Å². The molecule has 1 aromatic carbocycles. The molecule has 26 heavy (non-hydrogen) atoms. The first kappa shape index (κ1) is 18.2. The summed E-state index contributed by atoms with van der Waals surface area (Å²) < 4.78 is 6.10. The lowest BCUT2D eigenvalue weighted by atomic mass is 10.1. The summed E-state index contributed by atoms with van der Waals surface area (Å²) in [5, 5.41) is 12.2. The van der Waals surface area contributed by atoms with Crippen LogP contribution in [0.25, 0.3) is 10.2 Å². The molecule has 0 fully saturated rings. The molecule has 0 bridgehead atoms. The first-order chi connectivity index (χ1) is 12.6. The highest BCUT2D eigenvalue weighted by molar-refractivity contribution is 7.18. The Morgan fingerprint density at radius 1 is 1.31 bits per heavy atom. The van der Waals surface area contributed by atoms with Gasteiger partial charge in [-0.25, -0.2) is 9.97 Å². The largest absolute Gasteiger partial charge is 0.458 e. The van der Waals surface area contributed by atoms with Gasteiger partial charge in [0.25, 0.3) is 0 Å². The van der Waals surface area contributed by atoms with Crippen LogP contribution in [-0.2, 0) is 20.7 Å². The van der Waals surface area contributed by atoms with Crippen LogP contribution in [0.1, 0.15) is 28.0 Å². The van der Waals surface area contributed by atoms with Crippen LogP contribution in [0.3, 0.4) is 0 Å². The summed E-state index contributed by atoms with van der Waals surface area (Å²) >= 11 is 2.79. The van der Waals surface area contributed by atoms with E-state index in [1.165, 1.54) is 22.7 Å². The van der Waals surface area contributed by atoms with E-state index in [0.717, 1.165) is 20.9 Å². The van der Waals surface area contributed by atoms with E-state index in [-0.39, 0.29) is 6.42 Å². The number of rotatable bonds is 7. The van der Waals surface area contributed by atoms with Crippen LogP contribution in [-0.4, -0.2) is 28.3 Å². The molecule has 132 valence electrons. The Morgan fingerprint density at radius 3 is 2.81 bits per heavy atom. The average Bonchev–Trinajstić information content (AvgIpc) is 3.24. The summed E-state index contributed by atoms with van der Waals surface area (Å²) in [6.07, 6.45) is 0.598. The Morgan fingerprint density at radius 2 is 2.12 bits per heavy atom. The Balaban J connectivity index is 1.50. The maximum absolute atomic E-state index is 12.1. The van der Waals surface area contributed by atoms with Crippen molar-refractivity contribution in [1.82, 2.24) is 9.97 Å². The summed E-state index contributed by atoms with van der Waals surface area (Å²) in [4.78, 5) is 32.6. The van der Waals surface area contributed by atoms with Crippen molar-refractivity contribution in [3.8, 4) is 6.07 Å². The second-order valence-electron chi connectivity index (χ2n) is 5.59. The van der Waals surface area contributed by atoms with E-state index in [1.807, 2.05) is 30.3 Å². The lowest BCUT2D eigenvalue weighted by Crippen LogP contribution is -2.20. The maximum Gasteiger partial charge on any atom is 0.306 e. The lowest BCUT2D eigenvalue weighted by Gasteiger charge is -2.06. The normalized spacial score (nSPS) is 11.8. The summed E-state index contributed by atoms with van der Waals surface area (Å²) in [6.45, 7) is 1.37. The van der Waals surface area contributed by atoms with Crippen LogP contribution in [0, 0.1) is 18.3 Å². The molecule has 1 atom stereocenters. The quantitative estimate of drug-likeness (QED) is 0.579. The van der Waals surface area contributed by atoms with Gasteiger partial charge < -0.3 is 4.74 Å². The Kier molecular flexibility index (Phi) is 5.71. The third-order valence-electron chi connectivity index (χ3n) is 3.59. The third kappa shape index (κ3) is 4.31. The van der Waals surface area contributed by atoms with Gasteiger partial charge in [0, 0.05) is 17.5 Å². The highest BCUT2D eigenvalue weighted by Gasteiger charge is 2.24. The molecule has 3 aromatic rings. The minimum Gasteiger partial charge on any atom is -0.458 e.